The SMILES string of the molecule is O=C(NCc1c(F)cc(F)c(Cl)c1F)c1cn2c(c(O)c1=O)C(=O)N1CCCC[C@H]2C1. The van der Waals surface area contributed by atoms with Crippen LogP contribution in [0.15, 0.2) is 17.1 Å². The van der Waals surface area contributed by atoms with Gasteiger partial charge in [-0.15, -0.1) is 0 Å². The van der Waals surface area contributed by atoms with Crippen LogP contribution in [0.1, 0.15) is 51.7 Å². The molecule has 2 bridgehead atoms. The van der Waals surface area contributed by atoms with Crippen molar-refractivity contribution in [3.05, 3.63) is 61.8 Å². The van der Waals surface area contributed by atoms with E-state index in [4.69, 9.17) is 11.6 Å². The van der Waals surface area contributed by atoms with Crippen molar-refractivity contribution in [3.8, 4) is 5.75 Å². The van der Waals surface area contributed by atoms with Crippen LogP contribution in [-0.4, -0.2) is 39.5 Å². The molecule has 0 spiro atoms. The van der Waals surface area contributed by atoms with E-state index in [2.05, 4.69) is 5.32 Å². The molecule has 11 heteroatoms. The molecule has 2 aliphatic rings. The molecule has 4 rings (SSSR count). The van der Waals surface area contributed by atoms with Crippen molar-refractivity contribution in [3.63, 3.8) is 0 Å². The maximum Gasteiger partial charge on any atom is 0.274 e. The van der Waals surface area contributed by atoms with Gasteiger partial charge in [0.15, 0.2) is 17.3 Å². The second-order valence-electron chi connectivity index (χ2n) is 7.51. The Hall–Kier alpha value is -3.01. The summed E-state index contributed by atoms with van der Waals surface area (Å²) in [5.41, 5.74) is -2.42. The summed E-state index contributed by atoms with van der Waals surface area (Å²) in [5.74, 6) is -6.27. The Morgan fingerprint density at radius 2 is 1.97 bits per heavy atom. The smallest absolute Gasteiger partial charge is 0.274 e. The summed E-state index contributed by atoms with van der Waals surface area (Å²) in [6, 6.07) is 0.162. The highest BCUT2D eigenvalue weighted by atomic mass is 35.5. The van der Waals surface area contributed by atoms with Crippen molar-refractivity contribution in [2.45, 2.75) is 31.8 Å². The zero-order valence-electron chi connectivity index (χ0n) is 16.1. The number of aromatic nitrogens is 1. The molecule has 2 aliphatic heterocycles. The van der Waals surface area contributed by atoms with Crippen molar-refractivity contribution >= 4 is 23.4 Å². The Balaban J connectivity index is 1.67. The molecule has 2 N–H and O–H groups in total. The normalized spacial score (nSPS) is 17.9. The van der Waals surface area contributed by atoms with Crippen LogP contribution in [0.25, 0.3) is 0 Å². The molecule has 0 radical (unpaired) electrons. The molecule has 1 fully saturated rings. The van der Waals surface area contributed by atoms with E-state index in [9.17, 15) is 32.7 Å². The number of hydrogen-bond donors (Lipinski definition) is 2. The summed E-state index contributed by atoms with van der Waals surface area (Å²) in [6.07, 6.45) is 3.48. The largest absolute Gasteiger partial charge is 0.503 e. The van der Waals surface area contributed by atoms with E-state index < -0.39 is 63.1 Å². The van der Waals surface area contributed by atoms with Gasteiger partial charge in [-0.05, 0) is 19.3 Å². The lowest BCUT2D eigenvalue weighted by Gasteiger charge is -2.34. The third-order valence-corrected chi connectivity index (χ3v) is 5.97. The average molecular weight is 456 g/mol. The van der Waals surface area contributed by atoms with Gasteiger partial charge in [0, 0.05) is 37.5 Å². The first kappa shape index (κ1) is 21.2. The molecule has 1 saturated heterocycles. The van der Waals surface area contributed by atoms with E-state index in [1.165, 1.54) is 10.8 Å². The van der Waals surface area contributed by atoms with Gasteiger partial charge >= 0.3 is 0 Å². The minimum absolute atomic E-state index is 0.179. The number of amides is 2. The number of nitrogens with one attached hydrogen (secondary N) is 1. The number of carbonyl (C=O) groups is 2. The predicted octanol–water partition coefficient (Wildman–Crippen LogP) is 2.74. The predicted molar refractivity (Wildman–Crippen MR) is 104 cm³/mol. The lowest BCUT2D eigenvalue weighted by atomic mass is 10.1. The zero-order valence-corrected chi connectivity index (χ0v) is 16.8. The van der Waals surface area contributed by atoms with Gasteiger partial charge in [0.1, 0.15) is 22.2 Å². The average Bonchev–Trinajstić information content (AvgIpc) is 2.96. The van der Waals surface area contributed by atoms with Gasteiger partial charge < -0.3 is 19.9 Å². The van der Waals surface area contributed by atoms with E-state index in [0.717, 1.165) is 12.8 Å². The molecule has 1 aromatic carbocycles. The number of nitrogens with zero attached hydrogens (tertiary/aromatic N) is 2. The Bertz CT molecular complexity index is 1170. The number of carbonyl (C=O) groups excluding carboxylic acids is 2. The molecule has 3 heterocycles. The summed E-state index contributed by atoms with van der Waals surface area (Å²) in [5, 5.41) is 11.6. The van der Waals surface area contributed by atoms with Gasteiger partial charge in [0.2, 0.25) is 5.43 Å². The fourth-order valence-corrected chi connectivity index (χ4v) is 4.16. The fraction of sp³-hybridized carbons (Fsp3) is 0.350. The van der Waals surface area contributed by atoms with Crippen LogP contribution in [0.4, 0.5) is 13.2 Å². The molecule has 2 aromatic rings. The van der Waals surface area contributed by atoms with Crippen LogP contribution in [0.3, 0.4) is 0 Å². The van der Waals surface area contributed by atoms with Crippen molar-refractivity contribution in [2.75, 3.05) is 13.1 Å². The number of rotatable bonds is 3. The molecule has 7 nitrogen and oxygen atoms in total. The van der Waals surface area contributed by atoms with Gasteiger partial charge in [-0.3, -0.25) is 14.4 Å². The zero-order chi connectivity index (χ0) is 22.4. The monoisotopic (exact) mass is 455 g/mol. The molecule has 0 unspecified atom stereocenters. The summed E-state index contributed by atoms with van der Waals surface area (Å²) < 4.78 is 42.7. The van der Waals surface area contributed by atoms with Crippen LogP contribution in [0.2, 0.25) is 5.02 Å². The molecule has 0 aliphatic carbocycles. The second-order valence-corrected chi connectivity index (χ2v) is 7.88. The number of fused-ring (bicyclic) bond motifs is 4. The molecule has 0 saturated carbocycles. The molecular weight excluding hydrogens is 439 g/mol. The first-order chi connectivity index (χ1) is 14.7. The highest BCUT2D eigenvalue weighted by molar-refractivity contribution is 6.31. The molecule has 1 aromatic heterocycles. The van der Waals surface area contributed by atoms with Crippen LogP contribution in [-0.2, 0) is 6.54 Å². The lowest BCUT2D eigenvalue weighted by Crippen LogP contribution is -2.44. The Kier molecular flexibility index (Phi) is 5.42. The topological polar surface area (TPSA) is 91.6 Å². The number of aromatic hydroxyl groups is 1. The minimum Gasteiger partial charge on any atom is -0.503 e. The molecular formula is C20H17ClF3N3O4. The van der Waals surface area contributed by atoms with E-state index in [1.807, 2.05) is 0 Å². The first-order valence-electron chi connectivity index (χ1n) is 9.58. The summed E-state index contributed by atoms with van der Waals surface area (Å²) in [4.78, 5) is 39.4. The van der Waals surface area contributed by atoms with E-state index in [0.29, 0.717) is 25.6 Å². The van der Waals surface area contributed by atoms with Crippen molar-refractivity contribution in [2.24, 2.45) is 0 Å². The molecule has 31 heavy (non-hydrogen) atoms. The minimum atomic E-state index is -1.37. The van der Waals surface area contributed by atoms with Crippen molar-refractivity contribution in [1.82, 2.24) is 14.8 Å². The molecule has 164 valence electrons. The lowest BCUT2D eigenvalue weighted by molar-refractivity contribution is 0.0677. The van der Waals surface area contributed by atoms with Gasteiger partial charge in [-0.25, -0.2) is 13.2 Å². The molecule has 1 atom stereocenters. The Labute approximate surface area is 179 Å². The second kappa shape index (κ2) is 7.92. The van der Waals surface area contributed by atoms with Gasteiger partial charge in [-0.2, -0.15) is 0 Å². The van der Waals surface area contributed by atoms with E-state index in [1.54, 1.807) is 4.90 Å². The maximum absolute atomic E-state index is 14.1. The van der Waals surface area contributed by atoms with Crippen LogP contribution >= 0.6 is 11.6 Å². The van der Waals surface area contributed by atoms with Gasteiger partial charge in [0.25, 0.3) is 11.8 Å². The third kappa shape index (κ3) is 3.54. The van der Waals surface area contributed by atoms with Gasteiger partial charge in [0.05, 0.1) is 6.04 Å². The number of hydrogen-bond acceptors (Lipinski definition) is 4. The maximum atomic E-state index is 14.1. The quantitative estimate of drug-likeness (QED) is 0.550. The summed E-state index contributed by atoms with van der Waals surface area (Å²) in [6.45, 7) is 0.191. The Morgan fingerprint density at radius 3 is 2.71 bits per heavy atom. The highest BCUT2D eigenvalue weighted by Crippen LogP contribution is 2.32. The number of pyridine rings is 1. The van der Waals surface area contributed by atoms with E-state index >= 15 is 0 Å². The Morgan fingerprint density at radius 1 is 1.23 bits per heavy atom. The fourth-order valence-electron chi connectivity index (χ4n) is 3.99. The highest BCUT2D eigenvalue weighted by Gasteiger charge is 2.36. The number of benzene rings is 1. The molecule has 2 amide bonds. The van der Waals surface area contributed by atoms with Crippen LogP contribution in [0, 0.1) is 17.5 Å². The van der Waals surface area contributed by atoms with Crippen LogP contribution < -0.4 is 10.7 Å². The first-order valence-corrected chi connectivity index (χ1v) is 9.96. The summed E-state index contributed by atoms with van der Waals surface area (Å²) in [7, 11) is 0. The van der Waals surface area contributed by atoms with Crippen LogP contribution in [0.5, 0.6) is 5.75 Å². The van der Waals surface area contributed by atoms with Gasteiger partial charge in [-0.1, -0.05) is 11.6 Å². The third-order valence-electron chi connectivity index (χ3n) is 5.62. The number of halogens is 4. The summed E-state index contributed by atoms with van der Waals surface area (Å²) >= 11 is 5.44. The van der Waals surface area contributed by atoms with Crippen molar-refractivity contribution < 1.29 is 27.9 Å². The standard InChI is InChI=1S/C20H17ClF3N3O4/c21-14-13(23)5-12(22)10(15(14)24)6-25-19(30)11-8-27-9-3-1-2-4-26(7-9)20(31)16(27)18(29)17(11)28/h5,8-9,29H,1-4,6-7H2,(H,25,30)/t9-/m0/s1. The van der Waals surface area contributed by atoms with E-state index in [-0.39, 0.29) is 11.7 Å². The van der Waals surface area contributed by atoms with Crippen molar-refractivity contribution in [1.29, 1.82) is 0 Å².